The number of hydrogen-bond acceptors (Lipinski definition) is 2. The number of benzene rings is 2. The number of amides is 1. The maximum absolute atomic E-state index is 12.4. The maximum atomic E-state index is 12.4. The van der Waals surface area contributed by atoms with Crippen molar-refractivity contribution in [2.45, 2.75) is 18.8 Å². The molecule has 0 bridgehead atoms. The van der Waals surface area contributed by atoms with Crippen LogP contribution in [0.15, 0.2) is 73.1 Å². The lowest BCUT2D eigenvalue weighted by atomic mass is 10.2. The Morgan fingerprint density at radius 1 is 1.08 bits per heavy atom. The van der Waals surface area contributed by atoms with Crippen molar-refractivity contribution in [3.05, 3.63) is 89.7 Å². The molecule has 1 saturated heterocycles. The number of hydrogen-bond donors (Lipinski definition) is 0. The molecular formula is C21H20N2OS. The molecule has 0 aliphatic carbocycles. The molecule has 25 heavy (non-hydrogen) atoms. The standard InChI is InChI=1S/C21H20N2OS/c1-16-6-5-9-19(12-16)22-11-10-18(14-22)21-23(20(24)15-25-21)13-17-7-3-2-4-8-17/h2-12,14,21H,13,15H2,1H3. The summed E-state index contributed by atoms with van der Waals surface area (Å²) in [4.78, 5) is 14.4. The van der Waals surface area contributed by atoms with Crippen LogP contribution in [0.4, 0.5) is 0 Å². The highest BCUT2D eigenvalue weighted by molar-refractivity contribution is 8.00. The number of aryl methyl sites for hydroxylation is 1. The zero-order valence-corrected chi connectivity index (χ0v) is 14.9. The molecule has 0 N–H and O–H groups in total. The van der Waals surface area contributed by atoms with Crippen LogP contribution in [0.3, 0.4) is 0 Å². The zero-order valence-electron chi connectivity index (χ0n) is 14.1. The van der Waals surface area contributed by atoms with E-state index >= 15 is 0 Å². The number of thioether (sulfide) groups is 1. The second-order valence-electron chi connectivity index (χ2n) is 6.36. The van der Waals surface area contributed by atoms with Gasteiger partial charge >= 0.3 is 0 Å². The highest BCUT2D eigenvalue weighted by atomic mass is 32.2. The van der Waals surface area contributed by atoms with Crippen molar-refractivity contribution in [2.75, 3.05) is 5.75 Å². The van der Waals surface area contributed by atoms with E-state index in [0.717, 1.165) is 5.69 Å². The predicted molar refractivity (Wildman–Crippen MR) is 103 cm³/mol. The Balaban J connectivity index is 1.59. The Morgan fingerprint density at radius 3 is 2.72 bits per heavy atom. The molecule has 0 radical (unpaired) electrons. The molecule has 0 saturated carbocycles. The maximum Gasteiger partial charge on any atom is 0.234 e. The van der Waals surface area contributed by atoms with E-state index in [1.165, 1.54) is 16.7 Å². The Labute approximate surface area is 152 Å². The summed E-state index contributed by atoms with van der Waals surface area (Å²) in [7, 11) is 0. The van der Waals surface area contributed by atoms with Crippen molar-refractivity contribution in [1.29, 1.82) is 0 Å². The first-order valence-electron chi connectivity index (χ1n) is 8.41. The number of carbonyl (C=O) groups excluding carboxylic acids is 1. The Bertz CT molecular complexity index is 888. The minimum atomic E-state index is 0.0822. The molecule has 1 fully saturated rings. The van der Waals surface area contributed by atoms with Gasteiger partial charge in [0.05, 0.1) is 5.75 Å². The van der Waals surface area contributed by atoms with Gasteiger partial charge in [-0.25, -0.2) is 0 Å². The van der Waals surface area contributed by atoms with Gasteiger partial charge in [0.2, 0.25) is 5.91 Å². The summed E-state index contributed by atoms with van der Waals surface area (Å²) in [6, 6.07) is 20.7. The first-order chi connectivity index (χ1) is 12.2. The van der Waals surface area contributed by atoms with Gasteiger partial charge in [0.1, 0.15) is 5.37 Å². The Hall–Kier alpha value is -2.46. The quantitative estimate of drug-likeness (QED) is 0.690. The molecular weight excluding hydrogens is 328 g/mol. The van der Waals surface area contributed by atoms with Gasteiger partial charge in [-0.3, -0.25) is 4.79 Å². The van der Waals surface area contributed by atoms with Crippen LogP contribution in [0.25, 0.3) is 5.69 Å². The van der Waals surface area contributed by atoms with Crippen LogP contribution in [0.2, 0.25) is 0 Å². The lowest BCUT2D eigenvalue weighted by Crippen LogP contribution is -2.27. The molecule has 3 nitrogen and oxygen atoms in total. The van der Waals surface area contributed by atoms with Crippen LogP contribution in [-0.2, 0) is 11.3 Å². The van der Waals surface area contributed by atoms with E-state index in [1.54, 1.807) is 11.8 Å². The number of carbonyl (C=O) groups is 1. The van der Waals surface area contributed by atoms with Gasteiger partial charge in [0.25, 0.3) is 0 Å². The van der Waals surface area contributed by atoms with Crippen molar-refractivity contribution in [1.82, 2.24) is 9.47 Å². The third-order valence-corrected chi connectivity index (χ3v) is 5.72. The summed E-state index contributed by atoms with van der Waals surface area (Å²) in [6.45, 7) is 2.76. The van der Waals surface area contributed by atoms with Gasteiger partial charge in [0.15, 0.2) is 0 Å². The van der Waals surface area contributed by atoms with E-state index < -0.39 is 0 Å². The molecule has 4 rings (SSSR count). The first-order valence-corrected chi connectivity index (χ1v) is 9.45. The molecule has 3 aromatic rings. The third kappa shape index (κ3) is 3.35. The Morgan fingerprint density at radius 2 is 1.92 bits per heavy atom. The van der Waals surface area contributed by atoms with Gasteiger partial charge in [-0.1, -0.05) is 42.5 Å². The summed E-state index contributed by atoms with van der Waals surface area (Å²) >= 11 is 1.71. The second kappa shape index (κ2) is 6.81. The molecule has 2 heterocycles. The molecule has 1 amide bonds. The van der Waals surface area contributed by atoms with Crippen LogP contribution in [-0.4, -0.2) is 21.1 Å². The molecule has 126 valence electrons. The fraction of sp³-hybridized carbons (Fsp3) is 0.190. The highest BCUT2D eigenvalue weighted by Crippen LogP contribution is 2.39. The molecule has 1 atom stereocenters. The van der Waals surface area contributed by atoms with Gasteiger partial charge < -0.3 is 9.47 Å². The average molecular weight is 348 g/mol. The van der Waals surface area contributed by atoms with Gasteiger partial charge in [-0.15, -0.1) is 11.8 Å². The topological polar surface area (TPSA) is 25.2 Å². The average Bonchev–Trinajstić information content (AvgIpc) is 3.24. The number of rotatable bonds is 4. The number of nitrogens with zero attached hydrogens (tertiary/aromatic N) is 2. The van der Waals surface area contributed by atoms with E-state index in [9.17, 15) is 4.79 Å². The van der Waals surface area contributed by atoms with Crippen molar-refractivity contribution in [2.24, 2.45) is 0 Å². The summed E-state index contributed by atoms with van der Waals surface area (Å²) in [5.74, 6) is 0.759. The van der Waals surface area contributed by atoms with Crippen LogP contribution in [0.1, 0.15) is 22.1 Å². The van der Waals surface area contributed by atoms with Gasteiger partial charge in [-0.2, -0.15) is 0 Å². The summed E-state index contributed by atoms with van der Waals surface area (Å²) in [5, 5.41) is 0.0822. The fourth-order valence-corrected chi connectivity index (χ4v) is 4.36. The van der Waals surface area contributed by atoms with E-state index in [2.05, 4.69) is 66.3 Å². The van der Waals surface area contributed by atoms with Gasteiger partial charge in [-0.05, 0) is 36.2 Å². The summed E-state index contributed by atoms with van der Waals surface area (Å²) in [6.07, 6.45) is 4.22. The molecule has 4 heteroatoms. The lowest BCUT2D eigenvalue weighted by Gasteiger charge is -2.23. The Kier molecular flexibility index (Phi) is 4.36. The normalized spacial score (nSPS) is 17.2. The SMILES string of the molecule is Cc1cccc(-n2ccc(C3SCC(=O)N3Cc3ccccc3)c2)c1. The predicted octanol–water partition coefficient (Wildman–Crippen LogP) is 4.56. The van der Waals surface area contributed by atoms with Crippen LogP contribution in [0, 0.1) is 6.92 Å². The third-order valence-electron chi connectivity index (χ3n) is 4.46. The summed E-state index contributed by atoms with van der Waals surface area (Å²) in [5.41, 5.74) is 4.73. The summed E-state index contributed by atoms with van der Waals surface area (Å²) < 4.78 is 2.13. The van der Waals surface area contributed by atoms with Crippen LogP contribution in [0.5, 0.6) is 0 Å². The monoisotopic (exact) mass is 348 g/mol. The highest BCUT2D eigenvalue weighted by Gasteiger charge is 2.33. The van der Waals surface area contributed by atoms with E-state index in [1.807, 2.05) is 23.1 Å². The smallest absolute Gasteiger partial charge is 0.234 e. The van der Waals surface area contributed by atoms with Gasteiger partial charge in [0, 0.05) is 30.2 Å². The second-order valence-corrected chi connectivity index (χ2v) is 7.43. The van der Waals surface area contributed by atoms with Crippen LogP contribution >= 0.6 is 11.8 Å². The zero-order chi connectivity index (χ0) is 17.2. The molecule has 1 aromatic heterocycles. The van der Waals surface area contributed by atoms with E-state index in [0.29, 0.717) is 12.3 Å². The lowest BCUT2D eigenvalue weighted by molar-refractivity contribution is -0.128. The first kappa shape index (κ1) is 16.0. The van der Waals surface area contributed by atoms with E-state index in [-0.39, 0.29) is 11.3 Å². The van der Waals surface area contributed by atoms with Crippen LogP contribution < -0.4 is 0 Å². The number of aromatic nitrogens is 1. The molecule has 0 spiro atoms. The minimum absolute atomic E-state index is 0.0822. The van der Waals surface area contributed by atoms with Crippen molar-refractivity contribution < 1.29 is 4.79 Å². The largest absolute Gasteiger partial charge is 0.323 e. The molecule has 1 unspecified atom stereocenters. The minimum Gasteiger partial charge on any atom is -0.323 e. The van der Waals surface area contributed by atoms with E-state index in [4.69, 9.17) is 0 Å². The van der Waals surface area contributed by atoms with Crippen molar-refractivity contribution >= 4 is 17.7 Å². The fourth-order valence-electron chi connectivity index (χ4n) is 3.19. The molecule has 2 aromatic carbocycles. The van der Waals surface area contributed by atoms with Crippen molar-refractivity contribution in [3.8, 4) is 5.69 Å². The molecule has 1 aliphatic rings. The molecule has 1 aliphatic heterocycles. The van der Waals surface area contributed by atoms with Crippen molar-refractivity contribution in [3.63, 3.8) is 0 Å².